The fourth-order valence-corrected chi connectivity index (χ4v) is 4.47. The molecule has 31 heavy (non-hydrogen) atoms. The van der Waals surface area contributed by atoms with Crippen LogP contribution in [0.3, 0.4) is 0 Å². The zero-order chi connectivity index (χ0) is 22.0. The monoisotopic (exact) mass is 430 g/mol. The quantitative estimate of drug-likeness (QED) is 0.608. The summed E-state index contributed by atoms with van der Waals surface area (Å²) in [6.45, 7) is 0. The van der Waals surface area contributed by atoms with Gasteiger partial charge in [0.05, 0.1) is 17.7 Å². The van der Waals surface area contributed by atoms with Crippen molar-refractivity contribution < 1.29 is 14.7 Å². The van der Waals surface area contributed by atoms with E-state index in [1.54, 1.807) is 48.5 Å². The summed E-state index contributed by atoms with van der Waals surface area (Å²) < 4.78 is 0. The minimum absolute atomic E-state index is 0.350. The first-order valence-corrected chi connectivity index (χ1v) is 10.3. The normalized spacial score (nSPS) is 17.9. The van der Waals surface area contributed by atoms with Gasteiger partial charge >= 0.3 is 5.97 Å². The van der Waals surface area contributed by atoms with Crippen LogP contribution in [0.2, 0.25) is 5.02 Å². The molecule has 6 heteroatoms. The molecule has 2 unspecified atom stereocenters. The lowest BCUT2D eigenvalue weighted by atomic mass is 9.96. The molecule has 2 atom stereocenters. The van der Waals surface area contributed by atoms with E-state index < -0.39 is 18.1 Å². The second kappa shape index (κ2) is 8.63. The van der Waals surface area contributed by atoms with Crippen LogP contribution < -0.4 is 0 Å². The Hall–Kier alpha value is -3.62. The van der Waals surface area contributed by atoms with Gasteiger partial charge in [0.2, 0.25) is 0 Å². The summed E-state index contributed by atoms with van der Waals surface area (Å²) in [6.07, 6.45) is 0.863. The highest BCUT2D eigenvalue weighted by atomic mass is 35.5. The van der Waals surface area contributed by atoms with Crippen LogP contribution in [-0.4, -0.2) is 27.9 Å². The number of hydrogen-bond donors (Lipinski definition) is 1. The van der Waals surface area contributed by atoms with Gasteiger partial charge in [0.1, 0.15) is 6.04 Å². The molecular weight excluding hydrogens is 412 g/mol. The third kappa shape index (κ3) is 3.90. The maximum absolute atomic E-state index is 13.8. The van der Waals surface area contributed by atoms with Crippen molar-refractivity contribution in [3.63, 3.8) is 0 Å². The van der Waals surface area contributed by atoms with Crippen LogP contribution >= 0.6 is 11.6 Å². The van der Waals surface area contributed by atoms with E-state index in [0.29, 0.717) is 34.6 Å². The van der Waals surface area contributed by atoms with Crippen LogP contribution in [0.1, 0.15) is 40.4 Å². The van der Waals surface area contributed by atoms with Gasteiger partial charge in [0, 0.05) is 10.6 Å². The van der Waals surface area contributed by atoms with E-state index in [2.05, 4.69) is 6.07 Å². The molecule has 154 valence electrons. The van der Waals surface area contributed by atoms with Gasteiger partial charge in [-0.15, -0.1) is 0 Å². The van der Waals surface area contributed by atoms with Crippen molar-refractivity contribution in [2.75, 3.05) is 0 Å². The third-order valence-electron chi connectivity index (χ3n) is 5.63. The predicted octanol–water partition coefficient (Wildman–Crippen LogP) is 5.31. The number of halogens is 1. The number of rotatable bonds is 4. The lowest BCUT2D eigenvalue weighted by Gasteiger charge is -2.30. The summed E-state index contributed by atoms with van der Waals surface area (Å²) in [5.41, 5.74) is 2.99. The molecule has 5 nitrogen and oxygen atoms in total. The number of carbonyl (C=O) groups is 2. The van der Waals surface area contributed by atoms with Crippen molar-refractivity contribution in [1.82, 2.24) is 4.90 Å². The summed E-state index contributed by atoms with van der Waals surface area (Å²) in [7, 11) is 0. The number of hydrogen-bond acceptors (Lipinski definition) is 3. The second-order valence-corrected chi connectivity index (χ2v) is 7.83. The summed E-state index contributed by atoms with van der Waals surface area (Å²) in [6, 6.07) is 22.0. The van der Waals surface area contributed by atoms with E-state index in [9.17, 15) is 20.0 Å². The number of likely N-dealkylation sites (tertiary alicyclic amines) is 1. The molecule has 1 saturated heterocycles. The number of benzene rings is 3. The summed E-state index contributed by atoms with van der Waals surface area (Å²) >= 11 is 6.39. The Balaban J connectivity index is 1.81. The molecular formula is C25H19ClN2O3. The Morgan fingerprint density at radius 1 is 1.00 bits per heavy atom. The zero-order valence-electron chi connectivity index (χ0n) is 16.5. The van der Waals surface area contributed by atoms with Crippen LogP contribution in [0.25, 0.3) is 11.1 Å². The number of carboxylic acid groups (broad SMARTS) is 1. The summed E-state index contributed by atoms with van der Waals surface area (Å²) in [5, 5.41) is 19.6. The molecule has 0 spiro atoms. The predicted molar refractivity (Wildman–Crippen MR) is 118 cm³/mol. The molecule has 3 aromatic carbocycles. The van der Waals surface area contributed by atoms with Crippen LogP contribution in [0.5, 0.6) is 0 Å². The van der Waals surface area contributed by atoms with Gasteiger partial charge < -0.3 is 10.0 Å². The van der Waals surface area contributed by atoms with E-state index in [4.69, 9.17) is 11.6 Å². The minimum atomic E-state index is -1.04. The molecule has 1 amide bonds. The van der Waals surface area contributed by atoms with Gasteiger partial charge in [0.15, 0.2) is 0 Å². The zero-order valence-corrected chi connectivity index (χ0v) is 17.3. The average Bonchev–Trinajstić information content (AvgIpc) is 3.24. The van der Waals surface area contributed by atoms with Crippen molar-refractivity contribution in [2.24, 2.45) is 0 Å². The first-order valence-electron chi connectivity index (χ1n) is 9.90. The van der Waals surface area contributed by atoms with E-state index in [1.165, 1.54) is 4.90 Å². The van der Waals surface area contributed by atoms with E-state index >= 15 is 0 Å². The number of aliphatic carboxylic acids is 1. The van der Waals surface area contributed by atoms with Crippen LogP contribution in [-0.2, 0) is 4.79 Å². The van der Waals surface area contributed by atoms with Gasteiger partial charge in [-0.05, 0) is 53.8 Å². The van der Waals surface area contributed by atoms with Crippen LogP contribution in [0.4, 0.5) is 0 Å². The van der Waals surface area contributed by atoms with Gasteiger partial charge in [0.25, 0.3) is 5.91 Å². The smallest absolute Gasteiger partial charge is 0.326 e. The molecule has 4 rings (SSSR count). The average molecular weight is 431 g/mol. The second-order valence-electron chi connectivity index (χ2n) is 7.42. The first kappa shape index (κ1) is 20.6. The molecule has 0 radical (unpaired) electrons. The lowest BCUT2D eigenvalue weighted by Crippen LogP contribution is -2.42. The van der Waals surface area contributed by atoms with E-state index in [1.807, 2.05) is 24.3 Å². The fraction of sp³-hybridized carbons (Fsp3) is 0.160. The summed E-state index contributed by atoms with van der Waals surface area (Å²) in [4.78, 5) is 27.2. The molecule has 0 aliphatic carbocycles. The first-order chi connectivity index (χ1) is 15.0. The molecule has 1 aliphatic rings. The maximum atomic E-state index is 13.8. The highest BCUT2D eigenvalue weighted by molar-refractivity contribution is 6.31. The van der Waals surface area contributed by atoms with Gasteiger partial charge in [-0.2, -0.15) is 5.26 Å². The topological polar surface area (TPSA) is 81.4 Å². The van der Waals surface area contributed by atoms with E-state index in [-0.39, 0.29) is 5.91 Å². The van der Waals surface area contributed by atoms with Crippen molar-refractivity contribution >= 4 is 23.5 Å². The number of amides is 1. The number of carboxylic acids is 1. The van der Waals surface area contributed by atoms with Gasteiger partial charge in [-0.25, -0.2) is 4.79 Å². The standard InChI is InChI=1S/C25H19ClN2O3/c26-21-11-4-3-10-20(21)22-12-13-23(25(30)31)28(22)24(29)19-9-2-1-8-18(19)17-7-5-6-16(14-17)15-27/h1-11,14,22-23H,12-13H2,(H,30,31). The Morgan fingerprint density at radius 2 is 1.74 bits per heavy atom. The molecule has 3 aromatic rings. The molecule has 1 fully saturated rings. The molecule has 0 saturated carbocycles. The third-order valence-corrected chi connectivity index (χ3v) is 5.97. The number of nitriles is 1. The minimum Gasteiger partial charge on any atom is -0.480 e. The number of carbonyl (C=O) groups excluding carboxylic acids is 1. The van der Waals surface area contributed by atoms with Crippen molar-refractivity contribution in [3.05, 3.63) is 94.5 Å². The Kier molecular flexibility index (Phi) is 5.75. The van der Waals surface area contributed by atoms with Crippen molar-refractivity contribution in [2.45, 2.75) is 24.9 Å². The van der Waals surface area contributed by atoms with Crippen LogP contribution in [0.15, 0.2) is 72.8 Å². The number of nitrogens with zero attached hydrogens (tertiary/aromatic N) is 2. The van der Waals surface area contributed by atoms with E-state index in [0.717, 1.165) is 11.1 Å². The van der Waals surface area contributed by atoms with Crippen molar-refractivity contribution in [3.8, 4) is 17.2 Å². The van der Waals surface area contributed by atoms with Gasteiger partial charge in [-0.1, -0.05) is 60.1 Å². The fourth-order valence-electron chi connectivity index (χ4n) is 4.20. The highest BCUT2D eigenvalue weighted by Crippen LogP contribution is 2.41. The molecule has 0 bridgehead atoms. The molecule has 0 aromatic heterocycles. The molecule has 1 N–H and O–H groups in total. The van der Waals surface area contributed by atoms with Crippen molar-refractivity contribution in [1.29, 1.82) is 5.26 Å². The summed E-state index contributed by atoms with van der Waals surface area (Å²) in [5.74, 6) is -1.40. The maximum Gasteiger partial charge on any atom is 0.326 e. The Morgan fingerprint density at radius 3 is 2.48 bits per heavy atom. The Labute approximate surface area is 185 Å². The highest BCUT2D eigenvalue weighted by Gasteiger charge is 2.43. The Bertz CT molecular complexity index is 1200. The SMILES string of the molecule is N#Cc1cccc(-c2ccccc2C(=O)N2C(C(=O)O)CCC2c2ccccc2Cl)c1. The lowest BCUT2D eigenvalue weighted by molar-refractivity contribution is -0.141. The molecule has 1 heterocycles. The largest absolute Gasteiger partial charge is 0.480 e. The van der Waals surface area contributed by atoms with Crippen LogP contribution in [0, 0.1) is 11.3 Å². The van der Waals surface area contributed by atoms with Gasteiger partial charge in [-0.3, -0.25) is 4.79 Å². The molecule has 1 aliphatic heterocycles.